The van der Waals surface area contributed by atoms with Crippen molar-refractivity contribution in [2.75, 3.05) is 0 Å². The predicted molar refractivity (Wildman–Crippen MR) is 119 cm³/mol. The van der Waals surface area contributed by atoms with Gasteiger partial charge in [-0.15, -0.1) is 0 Å². The highest BCUT2D eigenvalue weighted by atomic mass is 79.9. The molecule has 0 aliphatic rings. The monoisotopic (exact) mass is 447 g/mol. The molecule has 3 N–H and O–H groups in total. The summed E-state index contributed by atoms with van der Waals surface area (Å²) in [6.45, 7) is 1.81. The van der Waals surface area contributed by atoms with Crippen LogP contribution in [0.15, 0.2) is 82.4 Å². The molecule has 0 fully saturated rings. The van der Waals surface area contributed by atoms with Crippen molar-refractivity contribution in [2.45, 2.75) is 6.92 Å². The SMILES string of the molecule is C/C(=N\NC(=O)c1cc(Br)ccc1O)c1cc2cc(-c3ccccc3)ccc2[nH]1. The number of nitrogens with zero attached hydrogens (tertiary/aromatic N) is 1. The number of aromatic hydroxyl groups is 1. The van der Waals surface area contributed by atoms with Gasteiger partial charge >= 0.3 is 0 Å². The predicted octanol–water partition coefficient (Wildman–Crippen LogP) is 5.46. The van der Waals surface area contributed by atoms with Gasteiger partial charge in [-0.05, 0) is 54.4 Å². The van der Waals surface area contributed by atoms with Crippen LogP contribution in [0.3, 0.4) is 0 Å². The van der Waals surface area contributed by atoms with E-state index in [1.54, 1.807) is 12.1 Å². The fourth-order valence-electron chi connectivity index (χ4n) is 3.08. The summed E-state index contributed by atoms with van der Waals surface area (Å²) in [5.41, 5.74) is 7.37. The number of nitrogens with one attached hydrogen (secondary N) is 2. The highest BCUT2D eigenvalue weighted by Gasteiger charge is 2.12. The van der Waals surface area contributed by atoms with Crippen LogP contribution in [0.2, 0.25) is 0 Å². The molecule has 6 heteroatoms. The van der Waals surface area contributed by atoms with Gasteiger partial charge in [-0.3, -0.25) is 4.79 Å². The maximum atomic E-state index is 12.3. The van der Waals surface area contributed by atoms with E-state index in [-0.39, 0.29) is 11.3 Å². The van der Waals surface area contributed by atoms with E-state index in [9.17, 15) is 9.90 Å². The van der Waals surface area contributed by atoms with E-state index in [4.69, 9.17) is 0 Å². The molecule has 3 aromatic carbocycles. The molecule has 0 bridgehead atoms. The van der Waals surface area contributed by atoms with Crippen molar-refractivity contribution in [1.82, 2.24) is 10.4 Å². The number of carbonyl (C=O) groups is 1. The average molecular weight is 448 g/mol. The van der Waals surface area contributed by atoms with Gasteiger partial charge in [0.25, 0.3) is 5.91 Å². The van der Waals surface area contributed by atoms with Crippen molar-refractivity contribution in [3.8, 4) is 16.9 Å². The molecule has 0 aliphatic heterocycles. The van der Waals surface area contributed by atoms with Gasteiger partial charge in [0.05, 0.1) is 17.0 Å². The van der Waals surface area contributed by atoms with E-state index < -0.39 is 5.91 Å². The van der Waals surface area contributed by atoms with Crippen molar-refractivity contribution < 1.29 is 9.90 Å². The first-order valence-electron chi connectivity index (χ1n) is 9.03. The van der Waals surface area contributed by atoms with Gasteiger partial charge in [0.2, 0.25) is 0 Å². The lowest BCUT2D eigenvalue weighted by atomic mass is 10.0. The molecule has 0 atom stereocenters. The van der Waals surface area contributed by atoms with Gasteiger partial charge in [-0.25, -0.2) is 5.43 Å². The first kappa shape index (κ1) is 19.0. The second-order valence-electron chi connectivity index (χ2n) is 6.65. The number of phenolic OH excluding ortho intramolecular Hbond substituents is 1. The zero-order valence-electron chi connectivity index (χ0n) is 15.6. The molecular weight excluding hydrogens is 430 g/mol. The first-order chi connectivity index (χ1) is 14.0. The minimum Gasteiger partial charge on any atom is -0.507 e. The van der Waals surface area contributed by atoms with Crippen LogP contribution in [0.25, 0.3) is 22.0 Å². The van der Waals surface area contributed by atoms with E-state index >= 15 is 0 Å². The van der Waals surface area contributed by atoms with E-state index in [0.717, 1.165) is 27.7 Å². The molecule has 4 rings (SSSR count). The van der Waals surface area contributed by atoms with Crippen LogP contribution in [0.4, 0.5) is 0 Å². The number of amides is 1. The third-order valence-electron chi connectivity index (χ3n) is 4.65. The maximum Gasteiger partial charge on any atom is 0.275 e. The number of aromatic nitrogens is 1. The Kier molecular flexibility index (Phi) is 5.18. The lowest BCUT2D eigenvalue weighted by Crippen LogP contribution is -2.19. The van der Waals surface area contributed by atoms with E-state index in [0.29, 0.717) is 10.2 Å². The Hall–Kier alpha value is -3.38. The molecule has 144 valence electrons. The normalized spacial score (nSPS) is 11.6. The lowest BCUT2D eigenvalue weighted by molar-refractivity contribution is 0.0952. The van der Waals surface area contributed by atoms with E-state index in [2.05, 4.69) is 55.7 Å². The van der Waals surface area contributed by atoms with Crippen LogP contribution in [-0.2, 0) is 0 Å². The summed E-state index contributed by atoms with van der Waals surface area (Å²) in [5.74, 6) is -0.580. The number of hydrogen-bond donors (Lipinski definition) is 3. The smallest absolute Gasteiger partial charge is 0.275 e. The summed E-state index contributed by atoms with van der Waals surface area (Å²) in [5, 5.41) is 15.1. The molecule has 1 amide bonds. The quantitative estimate of drug-likeness (QED) is 0.287. The van der Waals surface area contributed by atoms with Crippen LogP contribution < -0.4 is 5.43 Å². The number of carbonyl (C=O) groups excluding carboxylic acids is 1. The van der Waals surface area contributed by atoms with Gasteiger partial charge < -0.3 is 10.1 Å². The maximum absolute atomic E-state index is 12.3. The summed E-state index contributed by atoms with van der Waals surface area (Å²) < 4.78 is 0.700. The van der Waals surface area contributed by atoms with Crippen molar-refractivity contribution in [2.24, 2.45) is 5.10 Å². The molecular formula is C23H18BrN3O2. The Balaban J connectivity index is 1.57. The summed E-state index contributed by atoms with van der Waals surface area (Å²) in [4.78, 5) is 15.6. The Bertz CT molecular complexity index is 1230. The number of H-pyrrole nitrogens is 1. The number of fused-ring (bicyclic) bond motifs is 1. The molecule has 0 saturated heterocycles. The summed E-state index contributed by atoms with van der Waals surface area (Å²) in [6.07, 6.45) is 0. The largest absolute Gasteiger partial charge is 0.507 e. The van der Waals surface area contributed by atoms with Crippen molar-refractivity contribution in [1.29, 1.82) is 0 Å². The van der Waals surface area contributed by atoms with Gasteiger partial charge in [0.15, 0.2) is 0 Å². The summed E-state index contributed by atoms with van der Waals surface area (Å²) in [7, 11) is 0. The second-order valence-corrected chi connectivity index (χ2v) is 7.57. The number of phenols is 1. The Morgan fingerprint density at radius 2 is 1.79 bits per heavy atom. The van der Waals surface area contributed by atoms with E-state index in [1.807, 2.05) is 37.3 Å². The van der Waals surface area contributed by atoms with E-state index in [1.165, 1.54) is 6.07 Å². The molecule has 0 radical (unpaired) electrons. The fraction of sp³-hybridized carbons (Fsp3) is 0.0435. The summed E-state index contributed by atoms with van der Waals surface area (Å²) in [6, 6.07) is 23.1. The molecule has 1 aromatic heterocycles. The van der Waals surface area contributed by atoms with Crippen molar-refractivity contribution in [3.63, 3.8) is 0 Å². The molecule has 0 unspecified atom stereocenters. The fourth-order valence-corrected chi connectivity index (χ4v) is 3.44. The molecule has 4 aromatic rings. The molecule has 0 spiro atoms. The standard InChI is InChI=1S/C23H18BrN3O2/c1-14(26-27-23(29)19-13-18(24)8-10-22(19)28)21-12-17-11-16(7-9-20(17)25-21)15-5-3-2-4-6-15/h2-13,25,28H,1H3,(H,27,29)/b26-14+. The number of benzene rings is 3. The third-order valence-corrected chi connectivity index (χ3v) is 5.14. The first-order valence-corrected chi connectivity index (χ1v) is 9.82. The minimum absolute atomic E-state index is 0.0994. The number of hydrazone groups is 1. The number of aromatic amines is 1. The highest BCUT2D eigenvalue weighted by Crippen LogP contribution is 2.25. The number of rotatable bonds is 4. The molecule has 1 heterocycles. The highest BCUT2D eigenvalue weighted by molar-refractivity contribution is 9.10. The average Bonchev–Trinajstić information content (AvgIpc) is 3.17. The Morgan fingerprint density at radius 1 is 1.00 bits per heavy atom. The zero-order chi connectivity index (χ0) is 20.4. The van der Waals surface area contributed by atoms with Gasteiger partial charge in [-0.1, -0.05) is 52.3 Å². The summed E-state index contributed by atoms with van der Waals surface area (Å²) >= 11 is 3.29. The number of halogens is 1. The van der Waals surface area contributed by atoms with Crippen LogP contribution in [0.1, 0.15) is 23.0 Å². The molecule has 29 heavy (non-hydrogen) atoms. The van der Waals surface area contributed by atoms with Crippen molar-refractivity contribution in [3.05, 3.63) is 88.5 Å². The zero-order valence-corrected chi connectivity index (χ0v) is 17.2. The Labute approximate surface area is 176 Å². The van der Waals surface area contributed by atoms with Gasteiger partial charge in [-0.2, -0.15) is 5.10 Å². The van der Waals surface area contributed by atoms with Crippen LogP contribution >= 0.6 is 15.9 Å². The van der Waals surface area contributed by atoms with Crippen molar-refractivity contribution >= 4 is 38.5 Å². The van der Waals surface area contributed by atoms with Crippen LogP contribution in [0.5, 0.6) is 5.75 Å². The number of hydrogen-bond acceptors (Lipinski definition) is 3. The molecule has 0 aliphatic carbocycles. The minimum atomic E-state index is -0.481. The topological polar surface area (TPSA) is 77.5 Å². The van der Waals surface area contributed by atoms with Crippen LogP contribution in [0, 0.1) is 0 Å². The third kappa shape index (κ3) is 4.07. The Morgan fingerprint density at radius 3 is 2.59 bits per heavy atom. The lowest BCUT2D eigenvalue weighted by Gasteiger charge is -2.04. The molecule has 5 nitrogen and oxygen atoms in total. The molecule has 0 saturated carbocycles. The van der Waals surface area contributed by atoms with Gasteiger partial charge in [0.1, 0.15) is 5.75 Å². The second kappa shape index (κ2) is 7.93. The van der Waals surface area contributed by atoms with Gasteiger partial charge in [0, 0.05) is 15.4 Å². The van der Waals surface area contributed by atoms with Crippen LogP contribution in [-0.4, -0.2) is 21.7 Å².